The Morgan fingerprint density at radius 2 is 1.86 bits per heavy atom. The van der Waals surface area contributed by atoms with Gasteiger partial charge in [0.15, 0.2) is 5.65 Å². The number of aliphatic hydroxyl groups is 1. The van der Waals surface area contributed by atoms with E-state index < -0.39 is 23.1 Å². The summed E-state index contributed by atoms with van der Waals surface area (Å²) >= 11 is 0. The third-order valence-electron chi connectivity index (χ3n) is 6.91. The van der Waals surface area contributed by atoms with Crippen LogP contribution in [-0.2, 0) is 0 Å². The monoisotopic (exact) mass is 494 g/mol. The second-order valence-electron chi connectivity index (χ2n) is 9.79. The first-order valence-electron chi connectivity index (χ1n) is 11.4. The molecule has 0 aliphatic carbocycles. The van der Waals surface area contributed by atoms with Gasteiger partial charge in [0.2, 0.25) is 0 Å². The van der Waals surface area contributed by atoms with E-state index in [1.807, 2.05) is 20.8 Å². The molecule has 3 heterocycles. The summed E-state index contributed by atoms with van der Waals surface area (Å²) < 4.78 is 12.3. The van der Waals surface area contributed by atoms with Crippen LogP contribution in [0.3, 0.4) is 0 Å². The molecule has 1 saturated heterocycles. The summed E-state index contributed by atoms with van der Waals surface area (Å²) in [5.74, 6) is 7.54. The van der Waals surface area contributed by atoms with Crippen molar-refractivity contribution < 1.29 is 24.5 Å². The first-order chi connectivity index (χ1) is 17.0. The van der Waals surface area contributed by atoms with E-state index in [2.05, 4.69) is 21.8 Å². The number of aliphatic hydroxyl groups excluding tert-OH is 1. The minimum atomic E-state index is -1.10. The molecular formula is C25H30N6O5. The van der Waals surface area contributed by atoms with Crippen molar-refractivity contribution in [3.63, 3.8) is 0 Å². The summed E-state index contributed by atoms with van der Waals surface area (Å²) in [7, 11) is 3.12. The predicted molar refractivity (Wildman–Crippen MR) is 133 cm³/mol. The number of carbonyl (C=O) groups is 1. The van der Waals surface area contributed by atoms with Crippen LogP contribution in [0.25, 0.3) is 11.0 Å². The molecule has 1 amide bonds. The number of benzene rings is 1. The highest BCUT2D eigenvalue weighted by atomic mass is 16.5. The molecule has 3 aromatic rings. The summed E-state index contributed by atoms with van der Waals surface area (Å²) in [6.45, 7) is 5.57. The third kappa shape index (κ3) is 4.13. The summed E-state index contributed by atoms with van der Waals surface area (Å²) in [4.78, 5) is 22.0. The average molecular weight is 495 g/mol. The third-order valence-corrected chi connectivity index (χ3v) is 6.91. The van der Waals surface area contributed by atoms with Gasteiger partial charge in [0, 0.05) is 18.2 Å². The second kappa shape index (κ2) is 9.20. The number of rotatable bonds is 4. The van der Waals surface area contributed by atoms with E-state index in [0.717, 1.165) is 0 Å². The Labute approximate surface area is 208 Å². The highest BCUT2D eigenvalue weighted by Gasteiger charge is 2.55. The van der Waals surface area contributed by atoms with E-state index in [1.165, 1.54) is 11.2 Å². The lowest BCUT2D eigenvalue weighted by Crippen LogP contribution is -2.57. The average Bonchev–Trinajstić information content (AvgIpc) is 3.42. The topological polar surface area (TPSA) is 149 Å². The molecule has 0 bridgehead atoms. The van der Waals surface area contributed by atoms with Gasteiger partial charge >= 0.3 is 6.09 Å². The largest absolute Gasteiger partial charge is 0.497 e. The lowest BCUT2D eigenvalue weighted by atomic mass is 9.72. The van der Waals surface area contributed by atoms with Crippen molar-refractivity contribution in [2.75, 3.05) is 33.1 Å². The maximum absolute atomic E-state index is 12.2. The SMILES string of the molecule is COc1cc(C#Cc2nn([C@@H]3CN(C(=O)O)[C@](CO)(C(C)(C)C)C3)c3ncnc(N)c23)cc(OC)c1. The quantitative estimate of drug-likeness (QED) is 0.465. The zero-order valence-electron chi connectivity index (χ0n) is 20.9. The summed E-state index contributed by atoms with van der Waals surface area (Å²) in [5.41, 5.74) is 6.14. The van der Waals surface area contributed by atoms with Gasteiger partial charge in [-0.1, -0.05) is 26.7 Å². The molecule has 4 rings (SSSR count). The first-order valence-corrected chi connectivity index (χ1v) is 11.4. The molecule has 1 fully saturated rings. The van der Waals surface area contributed by atoms with Crippen molar-refractivity contribution in [3.8, 4) is 23.3 Å². The van der Waals surface area contributed by atoms with Gasteiger partial charge in [-0.05, 0) is 29.9 Å². The number of nitrogen functional groups attached to an aromatic ring is 1. The number of methoxy groups -OCH3 is 2. The number of fused-ring (bicyclic) bond motifs is 1. The number of aromatic nitrogens is 4. The number of nitrogens with two attached hydrogens (primary N) is 1. The van der Waals surface area contributed by atoms with Gasteiger partial charge in [0.25, 0.3) is 0 Å². The molecule has 0 radical (unpaired) electrons. The van der Waals surface area contributed by atoms with Crippen LogP contribution in [0.4, 0.5) is 10.6 Å². The van der Waals surface area contributed by atoms with Gasteiger partial charge < -0.3 is 25.4 Å². The van der Waals surface area contributed by atoms with Gasteiger partial charge in [-0.3, -0.25) is 4.90 Å². The van der Waals surface area contributed by atoms with Crippen molar-refractivity contribution in [1.29, 1.82) is 0 Å². The van der Waals surface area contributed by atoms with Crippen LogP contribution >= 0.6 is 0 Å². The van der Waals surface area contributed by atoms with Gasteiger partial charge in [0.1, 0.15) is 29.3 Å². The minimum absolute atomic E-state index is 0.133. The lowest BCUT2D eigenvalue weighted by molar-refractivity contribution is -0.0115. The Morgan fingerprint density at radius 3 is 2.39 bits per heavy atom. The number of hydrogen-bond acceptors (Lipinski definition) is 8. The number of nitrogens with zero attached hydrogens (tertiary/aromatic N) is 5. The fourth-order valence-electron chi connectivity index (χ4n) is 4.82. The van der Waals surface area contributed by atoms with Crippen molar-refractivity contribution in [2.24, 2.45) is 5.41 Å². The van der Waals surface area contributed by atoms with Crippen molar-refractivity contribution in [2.45, 2.75) is 38.8 Å². The maximum Gasteiger partial charge on any atom is 0.407 e. The van der Waals surface area contributed by atoms with E-state index in [1.54, 1.807) is 37.1 Å². The molecule has 2 atom stereocenters. The van der Waals surface area contributed by atoms with Gasteiger partial charge in [-0.2, -0.15) is 5.10 Å². The Bertz CT molecular complexity index is 1350. The van der Waals surface area contributed by atoms with Crippen LogP contribution in [0.5, 0.6) is 11.5 Å². The van der Waals surface area contributed by atoms with Crippen LogP contribution < -0.4 is 15.2 Å². The van der Waals surface area contributed by atoms with Gasteiger partial charge in [-0.25, -0.2) is 19.4 Å². The highest BCUT2D eigenvalue weighted by Crippen LogP contribution is 2.47. The number of anilines is 1. The smallest absolute Gasteiger partial charge is 0.407 e. The van der Waals surface area contributed by atoms with Gasteiger partial charge in [-0.15, -0.1) is 0 Å². The van der Waals surface area contributed by atoms with Gasteiger partial charge in [0.05, 0.1) is 37.8 Å². The van der Waals surface area contributed by atoms with Crippen LogP contribution in [0.2, 0.25) is 0 Å². The molecule has 0 saturated carbocycles. The summed E-state index contributed by atoms with van der Waals surface area (Å²) in [5, 5.41) is 25.5. The predicted octanol–water partition coefficient (Wildman–Crippen LogP) is 2.53. The fourth-order valence-corrected chi connectivity index (χ4v) is 4.82. The number of likely N-dealkylation sites (tertiary alicyclic amines) is 1. The zero-order valence-corrected chi connectivity index (χ0v) is 20.9. The normalized spacial score (nSPS) is 19.7. The Hall–Kier alpha value is -4.04. The van der Waals surface area contributed by atoms with E-state index in [0.29, 0.717) is 40.2 Å². The Morgan fingerprint density at radius 1 is 1.19 bits per heavy atom. The molecule has 1 aliphatic rings. The lowest BCUT2D eigenvalue weighted by Gasteiger charge is -2.45. The molecule has 2 aromatic heterocycles. The van der Waals surface area contributed by atoms with Crippen LogP contribution in [0.15, 0.2) is 24.5 Å². The number of ether oxygens (including phenoxy) is 2. The van der Waals surface area contributed by atoms with Crippen LogP contribution in [0, 0.1) is 17.3 Å². The molecule has 11 nitrogen and oxygen atoms in total. The molecule has 0 spiro atoms. The van der Waals surface area contributed by atoms with E-state index in [9.17, 15) is 15.0 Å². The molecule has 1 aliphatic heterocycles. The summed E-state index contributed by atoms with van der Waals surface area (Å²) in [6, 6.07) is 4.90. The molecule has 4 N–H and O–H groups in total. The number of amides is 1. The van der Waals surface area contributed by atoms with E-state index in [4.69, 9.17) is 20.3 Å². The molecule has 0 unspecified atom stereocenters. The number of hydrogen-bond donors (Lipinski definition) is 3. The summed E-state index contributed by atoms with van der Waals surface area (Å²) in [6.07, 6.45) is 0.589. The fraction of sp³-hybridized carbons (Fsp3) is 0.440. The number of carboxylic acid groups (broad SMARTS) is 1. The molecule has 11 heteroatoms. The van der Waals surface area contributed by atoms with Crippen LogP contribution in [0.1, 0.15) is 44.5 Å². The van der Waals surface area contributed by atoms with Crippen LogP contribution in [-0.4, -0.2) is 73.9 Å². The van der Waals surface area contributed by atoms with Crippen molar-refractivity contribution >= 4 is 22.9 Å². The Kier molecular flexibility index (Phi) is 6.41. The second-order valence-corrected chi connectivity index (χ2v) is 9.79. The van der Waals surface area contributed by atoms with E-state index in [-0.39, 0.29) is 19.0 Å². The molecule has 36 heavy (non-hydrogen) atoms. The molecule has 190 valence electrons. The zero-order chi connectivity index (χ0) is 26.3. The Balaban J connectivity index is 1.82. The standard InChI is InChI=1S/C25H30N6O5/c1-24(2,3)25(13-32)11-16(12-30(25)23(33)34)31-22-20(21(26)27-14-28-22)19(29-31)7-6-15-8-17(35-4)10-18(9-15)36-5/h8-10,14,16,32H,11-13H2,1-5H3,(H,33,34)(H2,26,27,28)/t16-,25+/m0/s1. The highest BCUT2D eigenvalue weighted by molar-refractivity contribution is 5.90. The first kappa shape index (κ1) is 25.1. The van der Waals surface area contributed by atoms with Crippen molar-refractivity contribution in [1.82, 2.24) is 24.6 Å². The van der Waals surface area contributed by atoms with E-state index >= 15 is 0 Å². The van der Waals surface area contributed by atoms with Crippen molar-refractivity contribution in [3.05, 3.63) is 35.8 Å². The molecular weight excluding hydrogens is 464 g/mol. The molecule has 1 aromatic carbocycles. The minimum Gasteiger partial charge on any atom is -0.497 e. The maximum atomic E-state index is 12.2.